The number of hydrogen-bond donors (Lipinski definition) is 0. The minimum absolute atomic E-state index is 0.417. The van der Waals surface area contributed by atoms with Gasteiger partial charge < -0.3 is 4.74 Å². The van der Waals surface area contributed by atoms with Crippen LogP contribution in [0.2, 0.25) is 5.15 Å². The molecule has 106 valence electrons. The zero-order valence-corrected chi connectivity index (χ0v) is 12.8. The fourth-order valence-electron chi connectivity index (χ4n) is 2.35. The van der Waals surface area contributed by atoms with E-state index in [2.05, 4.69) is 18.0 Å². The van der Waals surface area contributed by atoms with Gasteiger partial charge >= 0.3 is 0 Å². The summed E-state index contributed by atoms with van der Waals surface area (Å²) >= 11 is 6.24. The van der Waals surface area contributed by atoms with E-state index in [4.69, 9.17) is 16.3 Å². The summed E-state index contributed by atoms with van der Waals surface area (Å²) in [6.07, 6.45) is 0. The number of nitrogens with zero attached hydrogens (tertiary/aromatic N) is 1. The molecule has 3 heteroatoms. The van der Waals surface area contributed by atoms with Crippen molar-refractivity contribution in [1.29, 1.82) is 0 Å². The Balaban J connectivity index is 1.86. The fraction of sp³-hybridized carbons (Fsp3) is 0.167. The molecule has 2 nitrogen and oxygen atoms in total. The van der Waals surface area contributed by atoms with Crippen LogP contribution in [0.3, 0.4) is 0 Å². The largest absolute Gasteiger partial charge is 0.489 e. The van der Waals surface area contributed by atoms with Gasteiger partial charge in [0.05, 0.1) is 5.52 Å². The molecule has 0 spiro atoms. The molecule has 0 aliphatic heterocycles. The van der Waals surface area contributed by atoms with Crippen LogP contribution in [0, 0.1) is 13.8 Å². The van der Waals surface area contributed by atoms with Crippen molar-refractivity contribution < 1.29 is 4.74 Å². The number of aromatic nitrogens is 1. The predicted molar refractivity (Wildman–Crippen MR) is 87.0 cm³/mol. The summed E-state index contributed by atoms with van der Waals surface area (Å²) in [6, 6.07) is 16.1. The van der Waals surface area contributed by atoms with E-state index < -0.39 is 0 Å². The van der Waals surface area contributed by atoms with Crippen LogP contribution in [-0.4, -0.2) is 4.98 Å². The number of pyridine rings is 1. The van der Waals surface area contributed by atoms with Gasteiger partial charge in [-0.25, -0.2) is 4.98 Å². The predicted octanol–water partition coefficient (Wildman–Crippen LogP) is 5.08. The molecule has 0 fully saturated rings. The summed E-state index contributed by atoms with van der Waals surface area (Å²) in [5.41, 5.74) is 4.15. The molecule has 3 rings (SSSR count). The van der Waals surface area contributed by atoms with Crippen LogP contribution >= 0.6 is 11.6 Å². The average Bonchev–Trinajstić information content (AvgIpc) is 2.46. The molecular formula is C18H16ClNO. The molecule has 21 heavy (non-hydrogen) atoms. The van der Waals surface area contributed by atoms with Crippen LogP contribution in [0.4, 0.5) is 0 Å². The Bertz CT molecular complexity index is 798. The Labute approximate surface area is 129 Å². The van der Waals surface area contributed by atoms with Crippen LogP contribution in [0.25, 0.3) is 10.9 Å². The van der Waals surface area contributed by atoms with E-state index >= 15 is 0 Å². The highest BCUT2D eigenvalue weighted by molar-refractivity contribution is 6.30. The summed E-state index contributed by atoms with van der Waals surface area (Å²) in [6.45, 7) is 4.53. The van der Waals surface area contributed by atoms with E-state index in [0.29, 0.717) is 11.8 Å². The molecular weight excluding hydrogens is 282 g/mol. The van der Waals surface area contributed by atoms with Crippen molar-refractivity contribution in [2.24, 2.45) is 0 Å². The smallest absolute Gasteiger partial charge is 0.136 e. The maximum atomic E-state index is 6.24. The van der Waals surface area contributed by atoms with Crippen LogP contribution in [0.15, 0.2) is 48.5 Å². The van der Waals surface area contributed by atoms with Crippen LogP contribution in [0.1, 0.15) is 16.7 Å². The van der Waals surface area contributed by atoms with Crippen molar-refractivity contribution in [1.82, 2.24) is 4.98 Å². The average molecular weight is 298 g/mol. The van der Waals surface area contributed by atoms with Gasteiger partial charge in [-0.1, -0.05) is 47.5 Å². The van der Waals surface area contributed by atoms with Gasteiger partial charge in [0.1, 0.15) is 17.5 Å². The number of aryl methyl sites for hydroxylation is 2. The first kappa shape index (κ1) is 13.9. The lowest BCUT2D eigenvalue weighted by Crippen LogP contribution is -1.99. The molecule has 0 bridgehead atoms. The number of hydrogen-bond acceptors (Lipinski definition) is 2. The molecule has 0 aliphatic rings. The third kappa shape index (κ3) is 3.01. The highest BCUT2D eigenvalue weighted by Crippen LogP contribution is 2.24. The zero-order chi connectivity index (χ0) is 14.8. The van der Waals surface area contributed by atoms with Gasteiger partial charge in [0, 0.05) is 10.9 Å². The molecule has 0 N–H and O–H groups in total. The topological polar surface area (TPSA) is 22.1 Å². The van der Waals surface area contributed by atoms with E-state index in [-0.39, 0.29) is 0 Å². The zero-order valence-electron chi connectivity index (χ0n) is 12.1. The highest BCUT2D eigenvalue weighted by Gasteiger charge is 2.07. The van der Waals surface area contributed by atoms with E-state index in [1.54, 1.807) is 0 Å². The summed E-state index contributed by atoms with van der Waals surface area (Å²) in [4.78, 5) is 4.41. The molecule has 0 radical (unpaired) electrons. The summed E-state index contributed by atoms with van der Waals surface area (Å²) < 4.78 is 5.88. The summed E-state index contributed by atoms with van der Waals surface area (Å²) in [5, 5.41) is 1.57. The second kappa shape index (κ2) is 5.74. The van der Waals surface area contributed by atoms with Crippen LogP contribution in [0.5, 0.6) is 5.75 Å². The number of ether oxygens (including phenoxy) is 1. The van der Waals surface area contributed by atoms with Gasteiger partial charge in [-0.3, -0.25) is 0 Å². The maximum Gasteiger partial charge on any atom is 0.136 e. The molecule has 3 aromatic rings. The van der Waals surface area contributed by atoms with Crippen LogP contribution < -0.4 is 4.74 Å². The summed E-state index contributed by atoms with van der Waals surface area (Å²) in [7, 11) is 0. The molecule has 0 unspecified atom stereocenters. The molecule has 2 aromatic carbocycles. The first-order valence-electron chi connectivity index (χ1n) is 6.88. The van der Waals surface area contributed by atoms with E-state index in [1.807, 2.05) is 49.4 Å². The van der Waals surface area contributed by atoms with Crippen molar-refractivity contribution in [3.63, 3.8) is 0 Å². The van der Waals surface area contributed by atoms with Gasteiger partial charge in [-0.15, -0.1) is 0 Å². The first-order valence-corrected chi connectivity index (χ1v) is 7.25. The Morgan fingerprint density at radius 2 is 1.86 bits per heavy atom. The van der Waals surface area contributed by atoms with Crippen molar-refractivity contribution >= 4 is 22.5 Å². The Hall–Kier alpha value is -2.06. The highest BCUT2D eigenvalue weighted by atomic mass is 35.5. The number of benzene rings is 2. The standard InChI is InChI=1S/C18H16ClNO/c1-12-7-8-17(13(2)9-12)21-11-15-10-14-5-3-4-6-16(14)20-18(15)19/h3-10H,11H2,1-2H3. The van der Waals surface area contributed by atoms with Gasteiger partial charge in [-0.05, 0) is 37.6 Å². The second-order valence-corrected chi connectivity index (χ2v) is 5.55. The fourth-order valence-corrected chi connectivity index (χ4v) is 2.55. The molecule has 0 aliphatic carbocycles. The number of para-hydroxylation sites is 1. The quantitative estimate of drug-likeness (QED) is 0.629. The van der Waals surface area contributed by atoms with Crippen molar-refractivity contribution in [3.8, 4) is 5.75 Å². The lowest BCUT2D eigenvalue weighted by Gasteiger charge is -2.11. The van der Waals surface area contributed by atoms with Gasteiger partial charge in [0.25, 0.3) is 0 Å². The maximum absolute atomic E-state index is 6.24. The lowest BCUT2D eigenvalue weighted by atomic mass is 10.1. The lowest BCUT2D eigenvalue weighted by molar-refractivity contribution is 0.304. The Kier molecular flexibility index (Phi) is 3.80. The molecule has 0 saturated carbocycles. The van der Waals surface area contributed by atoms with Gasteiger partial charge in [0.15, 0.2) is 0 Å². The van der Waals surface area contributed by atoms with Gasteiger partial charge in [-0.2, -0.15) is 0 Å². The second-order valence-electron chi connectivity index (χ2n) is 5.19. The Morgan fingerprint density at radius 3 is 2.67 bits per heavy atom. The van der Waals surface area contributed by atoms with Crippen LogP contribution in [-0.2, 0) is 6.61 Å². The molecule has 1 heterocycles. The monoisotopic (exact) mass is 297 g/mol. The minimum Gasteiger partial charge on any atom is -0.489 e. The first-order chi connectivity index (χ1) is 10.1. The molecule has 0 atom stereocenters. The summed E-state index contributed by atoms with van der Waals surface area (Å²) in [5.74, 6) is 0.879. The third-order valence-corrected chi connectivity index (χ3v) is 3.79. The molecule has 0 saturated heterocycles. The minimum atomic E-state index is 0.417. The van der Waals surface area contributed by atoms with E-state index in [1.165, 1.54) is 5.56 Å². The Morgan fingerprint density at radius 1 is 1.05 bits per heavy atom. The number of halogens is 1. The van der Waals surface area contributed by atoms with Crippen molar-refractivity contribution in [3.05, 3.63) is 70.4 Å². The molecule has 0 amide bonds. The number of fused-ring (bicyclic) bond motifs is 1. The van der Waals surface area contributed by atoms with Crippen molar-refractivity contribution in [2.45, 2.75) is 20.5 Å². The SMILES string of the molecule is Cc1ccc(OCc2cc3ccccc3nc2Cl)c(C)c1. The van der Waals surface area contributed by atoms with Gasteiger partial charge in [0.2, 0.25) is 0 Å². The normalized spacial score (nSPS) is 10.8. The number of rotatable bonds is 3. The van der Waals surface area contributed by atoms with Crippen molar-refractivity contribution in [2.75, 3.05) is 0 Å². The van der Waals surface area contributed by atoms with E-state index in [0.717, 1.165) is 27.8 Å². The van der Waals surface area contributed by atoms with E-state index in [9.17, 15) is 0 Å². The molecule has 1 aromatic heterocycles. The third-order valence-electron chi connectivity index (χ3n) is 3.46.